The summed E-state index contributed by atoms with van der Waals surface area (Å²) in [6, 6.07) is 15.8. The second-order valence-electron chi connectivity index (χ2n) is 6.69. The van der Waals surface area contributed by atoms with Crippen LogP contribution in [-0.4, -0.2) is 43.0 Å². The number of amides is 1. The summed E-state index contributed by atoms with van der Waals surface area (Å²) in [7, 11) is 0. The molecule has 1 heterocycles. The van der Waals surface area contributed by atoms with Crippen LogP contribution in [0.15, 0.2) is 48.5 Å². The zero-order valence-electron chi connectivity index (χ0n) is 14.9. The lowest BCUT2D eigenvalue weighted by atomic mass is 9.95. The van der Waals surface area contributed by atoms with Gasteiger partial charge >= 0.3 is 0 Å². The van der Waals surface area contributed by atoms with Crippen LogP contribution in [-0.2, 0) is 11.2 Å². The SMILES string of the molecule is Cl.N[C@@H]1CN(CC(=O)NCCc2cccc(Cl)c2Cl)C[C@H]1c1ccccc1. The fourth-order valence-electron chi connectivity index (χ4n) is 3.43. The maximum Gasteiger partial charge on any atom is 0.234 e. The fraction of sp³-hybridized carbons (Fsp3) is 0.350. The Kier molecular flexibility index (Phi) is 8.39. The third kappa shape index (κ3) is 5.84. The average Bonchev–Trinajstić information content (AvgIpc) is 2.99. The Morgan fingerprint density at radius 3 is 2.59 bits per heavy atom. The molecular formula is C20H24Cl3N3O. The van der Waals surface area contributed by atoms with Gasteiger partial charge in [0.05, 0.1) is 16.6 Å². The van der Waals surface area contributed by atoms with Crippen LogP contribution in [0.2, 0.25) is 10.0 Å². The number of halogens is 3. The van der Waals surface area contributed by atoms with Crippen molar-refractivity contribution in [1.82, 2.24) is 10.2 Å². The van der Waals surface area contributed by atoms with Crippen molar-refractivity contribution >= 4 is 41.5 Å². The molecule has 0 spiro atoms. The van der Waals surface area contributed by atoms with Crippen LogP contribution in [0, 0.1) is 0 Å². The van der Waals surface area contributed by atoms with E-state index in [9.17, 15) is 4.79 Å². The standard InChI is InChI=1S/C20H23Cl2N3O.ClH/c21-17-8-4-7-15(20(17)22)9-10-24-19(26)13-25-11-16(18(23)12-25)14-5-2-1-3-6-14;/h1-8,16,18H,9-13,23H2,(H,24,26);1H/t16-,18+;/m0./s1. The van der Waals surface area contributed by atoms with Crippen LogP contribution < -0.4 is 11.1 Å². The zero-order chi connectivity index (χ0) is 18.5. The minimum atomic E-state index is 0. The van der Waals surface area contributed by atoms with E-state index >= 15 is 0 Å². The predicted octanol–water partition coefficient (Wildman–Crippen LogP) is 3.50. The summed E-state index contributed by atoms with van der Waals surface area (Å²) in [5.41, 5.74) is 8.46. The van der Waals surface area contributed by atoms with E-state index in [-0.39, 0.29) is 30.3 Å². The Balaban J connectivity index is 0.00000261. The smallest absolute Gasteiger partial charge is 0.234 e. The summed E-state index contributed by atoms with van der Waals surface area (Å²) < 4.78 is 0. The third-order valence-electron chi connectivity index (χ3n) is 4.78. The van der Waals surface area contributed by atoms with Crippen LogP contribution in [0.25, 0.3) is 0 Å². The summed E-state index contributed by atoms with van der Waals surface area (Å²) >= 11 is 12.2. The number of nitrogens with one attached hydrogen (secondary N) is 1. The number of nitrogens with zero attached hydrogens (tertiary/aromatic N) is 1. The first-order valence-corrected chi connectivity index (χ1v) is 9.52. The van der Waals surface area contributed by atoms with Crippen molar-refractivity contribution in [3.8, 4) is 0 Å². The Morgan fingerprint density at radius 1 is 1.11 bits per heavy atom. The van der Waals surface area contributed by atoms with Crippen LogP contribution in [0.5, 0.6) is 0 Å². The molecule has 0 unspecified atom stereocenters. The molecule has 27 heavy (non-hydrogen) atoms. The van der Waals surface area contributed by atoms with Crippen molar-refractivity contribution in [2.24, 2.45) is 5.73 Å². The molecule has 0 radical (unpaired) electrons. The molecule has 2 aromatic rings. The summed E-state index contributed by atoms with van der Waals surface area (Å²) in [5, 5.41) is 4.04. The van der Waals surface area contributed by atoms with Crippen LogP contribution in [0.3, 0.4) is 0 Å². The maximum absolute atomic E-state index is 12.2. The molecule has 1 aliphatic heterocycles. The molecule has 3 rings (SSSR count). The number of nitrogens with two attached hydrogens (primary N) is 1. The first kappa shape index (κ1) is 22.0. The van der Waals surface area contributed by atoms with E-state index < -0.39 is 0 Å². The van der Waals surface area contributed by atoms with Crippen molar-refractivity contribution in [3.63, 3.8) is 0 Å². The van der Waals surface area contributed by atoms with Gasteiger partial charge in [-0.25, -0.2) is 0 Å². The van der Waals surface area contributed by atoms with Gasteiger partial charge < -0.3 is 11.1 Å². The summed E-state index contributed by atoms with van der Waals surface area (Å²) in [6.07, 6.45) is 0.650. The maximum atomic E-state index is 12.2. The van der Waals surface area contributed by atoms with Gasteiger partial charge in [0.2, 0.25) is 5.91 Å². The van der Waals surface area contributed by atoms with Crippen molar-refractivity contribution < 1.29 is 4.79 Å². The molecule has 4 nitrogen and oxygen atoms in total. The van der Waals surface area contributed by atoms with Crippen LogP contribution in [0.4, 0.5) is 0 Å². The topological polar surface area (TPSA) is 58.4 Å². The molecule has 1 amide bonds. The Labute approximate surface area is 176 Å². The van der Waals surface area contributed by atoms with E-state index in [0.717, 1.165) is 18.7 Å². The molecule has 2 aromatic carbocycles. The first-order valence-electron chi connectivity index (χ1n) is 8.77. The highest BCUT2D eigenvalue weighted by Crippen LogP contribution is 2.26. The number of carbonyl (C=O) groups excluding carboxylic acids is 1. The number of hydrogen-bond acceptors (Lipinski definition) is 3. The molecule has 146 valence electrons. The number of hydrogen-bond donors (Lipinski definition) is 2. The highest BCUT2D eigenvalue weighted by molar-refractivity contribution is 6.42. The van der Waals surface area contributed by atoms with Gasteiger partial charge in [-0.1, -0.05) is 65.7 Å². The minimum absolute atomic E-state index is 0. The molecule has 0 bridgehead atoms. The van der Waals surface area contributed by atoms with Gasteiger partial charge in [-0.3, -0.25) is 9.69 Å². The highest BCUT2D eigenvalue weighted by atomic mass is 35.5. The van der Waals surface area contributed by atoms with Crippen molar-refractivity contribution in [2.45, 2.75) is 18.4 Å². The molecule has 0 saturated carbocycles. The van der Waals surface area contributed by atoms with Gasteiger partial charge in [-0.15, -0.1) is 12.4 Å². The van der Waals surface area contributed by atoms with Crippen molar-refractivity contribution in [1.29, 1.82) is 0 Å². The zero-order valence-corrected chi connectivity index (χ0v) is 17.2. The molecule has 2 atom stereocenters. The normalized spacial score (nSPS) is 19.5. The molecule has 1 fully saturated rings. The number of likely N-dealkylation sites (tertiary alicyclic amines) is 1. The van der Waals surface area contributed by atoms with Crippen molar-refractivity contribution in [3.05, 3.63) is 69.7 Å². The lowest BCUT2D eigenvalue weighted by Gasteiger charge is -2.16. The third-order valence-corrected chi connectivity index (χ3v) is 5.64. The van der Waals surface area contributed by atoms with Gasteiger partial charge in [0.1, 0.15) is 0 Å². The minimum Gasteiger partial charge on any atom is -0.355 e. The molecule has 3 N–H and O–H groups in total. The molecule has 0 aromatic heterocycles. The largest absolute Gasteiger partial charge is 0.355 e. The lowest BCUT2D eigenvalue weighted by Crippen LogP contribution is -2.38. The summed E-state index contributed by atoms with van der Waals surface area (Å²) in [6.45, 7) is 2.42. The van der Waals surface area contributed by atoms with E-state index in [1.165, 1.54) is 5.56 Å². The molecule has 1 aliphatic rings. The van der Waals surface area contributed by atoms with Gasteiger partial charge in [0, 0.05) is 31.6 Å². The van der Waals surface area contributed by atoms with Gasteiger partial charge in [0.25, 0.3) is 0 Å². The number of rotatable bonds is 6. The van der Waals surface area contributed by atoms with Gasteiger partial charge in [-0.05, 0) is 23.6 Å². The van der Waals surface area contributed by atoms with E-state index in [4.69, 9.17) is 28.9 Å². The summed E-state index contributed by atoms with van der Waals surface area (Å²) in [5.74, 6) is 0.276. The second-order valence-corrected chi connectivity index (χ2v) is 7.47. The predicted molar refractivity (Wildman–Crippen MR) is 114 cm³/mol. The molecule has 7 heteroatoms. The first-order chi connectivity index (χ1) is 12.5. The fourth-order valence-corrected chi connectivity index (χ4v) is 3.85. The van der Waals surface area contributed by atoms with E-state index in [0.29, 0.717) is 29.6 Å². The van der Waals surface area contributed by atoms with Crippen LogP contribution in [0.1, 0.15) is 17.0 Å². The van der Waals surface area contributed by atoms with Crippen molar-refractivity contribution in [2.75, 3.05) is 26.2 Å². The van der Waals surface area contributed by atoms with Crippen LogP contribution >= 0.6 is 35.6 Å². The molecule has 0 aliphatic carbocycles. The van der Waals surface area contributed by atoms with E-state index in [2.05, 4.69) is 22.3 Å². The molecule has 1 saturated heterocycles. The number of carbonyl (C=O) groups is 1. The van der Waals surface area contributed by atoms with Gasteiger partial charge in [-0.2, -0.15) is 0 Å². The lowest BCUT2D eigenvalue weighted by molar-refractivity contribution is -0.122. The quantitative estimate of drug-likeness (QED) is 0.740. The number of benzene rings is 2. The molecular weight excluding hydrogens is 405 g/mol. The summed E-state index contributed by atoms with van der Waals surface area (Å²) in [4.78, 5) is 14.4. The van der Waals surface area contributed by atoms with E-state index in [1.54, 1.807) is 6.07 Å². The van der Waals surface area contributed by atoms with Gasteiger partial charge in [0.15, 0.2) is 0 Å². The average molecular weight is 429 g/mol. The van der Waals surface area contributed by atoms with E-state index in [1.807, 2.05) is 30.3 Å². The Morgan fingerprint density at radius 2 is 1.85 bits per heavy atom. The Hall–Kier alpha value is -1.30. The second kappa shape index (κ2) is 10.3. The monoisotopic (exact) mass is 427 g/mol. The Bertz CT molecular complexity index is 757. The highest BCUT2D eigenvalue weighted by Gasteiger charge is 2.31.